The zero-order valence-corrected chi connectivity index (χ0v) is 19.1. The molecule has 1 aliphatic heterocycles. The van der Waals surface area contributed by atoms with E-state index in [4.69, 9.17) is 0 Å². The minimum Gasteiger partial charge on any atom is -0.353 e. The topological polar surface area (TPSA) is 81.8 Å². The Morgan fingerprint density at radius 2 is 2.00 bits per heavy atom. The van der Waals surface area contributed by atoms with Gasteiger partial charge in [-0.1, -0.05) is 27.2 Å². The maximum Gasteiger partial charge on any atom is 0.325 e. The van der Waals surface area contributed by atoms with Crippen LogP contribution >= 0.6 is 11.3 Å². The molecule has 2 aliphatic rings. The lowest BCUT2D eigenvalue weighted by Crippen LogP contribution is -2.50. The normalized spacial score (nSPS) is 25.1. The summed E-state index contributed by atoms with van der Waals surface area (Å²) in [7, 11) is 0. The van der Waals surface area contributed by atoms with Crippen LogP contribution < -0.4 is 10.6 Å². The highest BCUT2D eigenvalue weighted by atomic mass is 32.1. The number of carbonyl (C=O) groups is 3. The maximum atomic E-state index is 13.0. The Balaban J connectivity index is 1.59. The van der Waals surface area contributed by atoms with E-state index in [1.54, 1.807) is 11.3 Å². The summed E-state index contributed by atoms with van der Waals surface area (Å²) in [6.45, 7) is 8.34. The van der Waals surface area contributed by atoms with Crippen molar-refractivity contribution in [3.05, 3.63) is 22.4 Å². The van der Waals surface area contributed by atoms with Gasteiger partial charge in [0.2, 0.25) is 5.91 Å². The van der Waals surface area contributed by atoms with Crippen molar-refractivity contribution >= 4 is 29.2 Å². The molecule has 1 aromatic heterocycles. The van der Waals surface area contributed by atoms with E-state index in [9.17, 15) is 14.4 Å². The van der Waals surface area contributed by atoms with Crippen LogP contribution in [0.1, 0.15) is 64.5 Å². The average molecular weight is 435 g/mol. The molecule has 1 atom stereocenters. The van der Waals surface area contributed by atoms with Crippen molar-refractivity contribution < 1.29 is 14.4 Å². The summed E-state index contributed by atoms with van der Waals surface area (Å²) >= 11 is 1.64. The first-order chi connectivity index (χ1) is 14.4. The summed E-state index contributed by atoms with van der Waals surface area (Å²) in [6.07, 6.45) is 4.30. The van der Waals surface area contributed by atoms with E-state index in [0.717, 1.165) is 37.3 Å². The number of rotatable bonds is 9. The lowest BCUT2D eigenvalue weighted by Gasteiger charge is -2.34. The summed E-state index contributed by atoms with van der Waals surface area (Å²) in [5, 5.41) is 9.97. The molecule has 1 unspecified atom stereocenters. The molecule has 1 aliphatic carbocycles. The fraction of sp³-hybridized carbons (Fsp3) is 0.682. The van der Waals surface area contributed by atoms with Gasteiger partial charge in [0, 0.05) is 6.54 Å². The van der Waals surface area contributed by atoms with Gasteiger partial charge in [-0.15, -0.1) is 0 Å². The third kappa shape index (κ3) is 4.70. The van der Waals surface area contributed by atoms with Gasteiger partial charge in [0.05, 0.1) is 6.04 Å². The monoisotopic (exact) mass is 434 g/mol. The van der Waals surface area contributed by atoms with Gasteiger partial charge in [-0.05, 0) is 67.1 Å². The maximum absolute atomic E-state index is 13.0. The van der Waals surface area contributed by atoms with Crippen molar-refractivity contribution in [3.8, 4) is 0 Å². The molecule has 2 N–H and O–H groups in total. The molecule has 1 saturated carbocycles. The molecule has 0 bridgehead atoms. The van der Waals surface area contributed by atoms with Crippen LogP contribution in [-0.2, 0) is 9.59 Å². The highest BCUT2D eigenvalue weighted by molar-refractivity contribution is 7.08. The zero-order chi connectivity index (χ0) is 21.7. The summed E-state index contributed by atoms with van der Waals surface area (Å²) in [4.78, 5) is 41.5. The van der Waals surface area contributed by atoms with Crippen LogP contribution in [0.2, 0.25) is 0 Å². The van der Waals surface area contributed by atoms with Crippen LogP contribution in [0.4, 0.5) is 4.79 Å². The summed E-state index contributed by atoms with van der Waals surface area (Å²) < 4.78 is 0. The molecular formula is C22H34N4O3S. The number of amides is 4. The van der Waals surface area contributed by atoms with E-state index in [-0.39, 0.29) is 24.4 Å². The molecule has 7 nitrogen and oxygen atoms in total. The predicted octanol–water partition coefficient (Wildman–Crippen LogP) is 3.14. The van der Waals surface area contributed by atoms with Gasteiger partial charge in [0.1, 0.15) is 12.1 Å². The molecule has 2 heterocycles. The highest BCUT2D eigenvalue weighted by Crippen LogP contribution is 2.37. The van der Waals surface area contributed by atoms with Crippen LogP contribution in [0.15, 0.2) is 16.8 Å². The Bertz CT molecular complexity index is 740. The first-order valence-corrected chi connectivity index (χ1v) is 12.0. The summed E-state index contributed by atoms with van der Waals surface area (Å²) in [6, 6.07) is 1.71. The highest BCUT2D eigenvalue weighted by Gasteiger charge is 2.52. The molecular weight excluding hydrogens is 400 g/mol. The molecule has 0 aromatic carbocycles. The van der Waals surface area contributed by atoms with Gasteiger partial charge in [-0.2, -0.15) is 11.3 Å². The van der Waals surface area contributed by atoms with Crippen molar-refractivity contribution in [3.63, 3.8) is 0 Å². The number of likely N-dealkylation sites (N-methyl/N-ethyl adjacent to an activating group) is 1. The second-order valence-corrected chi connectivity index (χ2v) is 9.13. The molecule has 166 valence electrons. The van der Waals surface area contributed by atoms with Gasteiger partial charge in [0.25, 0.3) is 5.91 Å². The van der Waals surface area contributed by atoms with Crippen LogP contribution in [0, 0.1) is 5.92 Å². The fourth-order valence-electron chi connectivity index (χ4n) is 4.73. The lowest BCUT2D eigenvalue weighted by molar-refractivity contribution is -0.136. The van der Waals surface area contributed by atoms with Gasteiger partial charge in [-0.25, -0.2) is 4.79 Å². The standard InChI is InChI=1S/C22H34N4O3S/c1-4-16-7-10-22(11-8-16)20(28)26(21(29)24-22)14-19(27)23-13-18(25(5-2)6-3)17-9-12-30-15-17/h9,12,15-16,18H,4-8,10-11,13-14H2,1-3H3,(H,23,27)(H,24,29). The Hall–Kier alpha value is -1.93. The largest absolute Gasteiger partial charge is 0.353 e. The Morgan fingerprint density at radius 3 is 2.57 bits per heavy atom. The first-order valence-electron chi connectivity index (χ1n) is 11.1. The minimum atomic E-state index is -0.802. The molecule has 1 aromatic rings. The number of imide groups is 1. The Kier molecular flexibility index (Phi) is 7.52. The molecule has 1 saturated heterocycles. The van der Waals surface area contributed by atoms with E-state index in [2.05, 4.69) is 47.8 Å². The van der Waals surface area contributed by atoms with Crippen molar-refractivity contribution in [2.45, 2.75) is 64.5 Å². The molecule has 2 fully saturated rings. The third-order valence-electron chi connectivity index (χ3n) is 6.76. The molecule has 1 spiro atoms. The van der Waals surface area contributed by atoms with E-state index < -0.39 is 11.6 Å². The Morgan fingerprint density at radius 1 is 1.30 bits per heavy atom. The van der Waals surface area contributed by atoms with Crippen LogP contribution in [-0.4, -0.2) is 59.4 Å². The van der Waals surface area contributed by atoms with E-state index >= 15 is 0 Å². The summed E-state index contributed by atoms with van der Waals surface area (Å²) in [5.74, 6) is 0.0762. The first kappa shape index (κ1) is 22.7. The second kappa shape index (κ2) is 9.92. The van der Waals surface area contributed by atoms with Crippen LogP contribution in [0.5, 0.6) is 0 Å². The predicted molar refractivity (Wildman–Crippen MR) is 118 cm³/mol. The number of thiophene rings is 1. The van der Waals surface area contributed by atoms with E-state index in [1.165, 1.54) is 5.56 Å². The lowest BCUT2D eigenvalue weighted by atomic mass is 9.75. The van der Waals surface area contributed by atoms with Gasteiger partial charge >= 0.3 is 6.03 Å². The quantitative estimate of drug-likeness (QED) is 0.585. The van der Waals surface area contributed by atoms with Gasteiger partial charge < -0.3 is 10.6 Å². The van der Waals surface area contributed by atoms with Gasteiger partial charge in [-0.3, -0.25) is 19.4 Å². The molecule has 4 amide bonds. The van der Waals surface area contributed by atoms with Crippen molar-refractivity contribution in [1.29, 1.82) is 0 Å². The zero-order valence-electron chi connectivity index (χ0n) is 18.3. The molecule has 8 heteroatoms. The second-order valence-electron chi connectivity index (χ2n) is 8.35. The van der Waals surface area contributed by atoms with Crippen molar-refractivity contribution in [1.82, 2.24) is 20.4 Å². The SMILES string of the molecule is CCC1CCC2(CC1)NC(=O)N(CC(=O)NCC(c1ccsc1)N(CC)CC)C2=O. The minimum absolute atomic E-state index is 0.0778. The number of hydrogen-bond acceptors (Lipinski definition) is 5. The van der Waals surface area contributed by atoms with Gasteiger partial charge in [0.15, 0.2) is 0 Å². The smallest absolute Gasteiger partial charge is 0.325 e. The van der Waals surface area contributed by atoms with E-state index in [0.29, 0.717) is 25.3 Å². The molecule has 3 rings (SSSR count). The third-order valence-corrected chi connectivity index (χ3v) is 7.46. The van der Waals surface area contributed by atoms with Crippen LogP contribution in [0.25, 0.3) is 0 Å². The van der Waals surface area contributed by atoms with Crippen molar-refractivity contribution in [2.75, 3.05) is 26.2 Å². The summed E-state index contributed by atoms with van der Waals surface area (Å²) in [5.41, 5.74) is 0.370. The van der Waals surface area contributed by atoms with Crippen molar-refractivity contribution in [2.24, 2.45) is 5.92 Å². The number of carbonyl (C=O) groups excluding carboxylic acids is 3. The van der Waals surface area contributed by atoms with Crippen LogP contribution in [0.3, 0.4) is 0 Å². The van der Waals surface area contributed by atoms with E-state index in [1.807, 2.05) is 5.38 Å². The number of nitrogens with zero attached hydrogens (tertiary/aromatic N) is 2. The number of hydrogen-bond donors (Lipinski definition) is 2. The number of nitrogens with one attached hydrogen (secondary N) is 2. The molecule has 30 heavy (non-hydrogen) atoms. The molecule has 0 radical (unpaired) electrons. The average Bonchev–Trinajstić information content (AvgIpc) is 3.35. The number of urea groups is 1. The fourth-order valence-corrected chi connectivity index (χ4v) is 5.44. The Labute approximate surface area is 183 Å².